The molecule has 1 aromatic heterocycles. The SMILES string of the molecule is C=CCOc1ccc([C@H]2C(C(=O)OCC)=C(C)N=c3s/c(=C\c4cccc(OC)c4)c(=O)n32)cc1OCC. The number of ether oxygens (including phenoxy) is 4. The molecule has 0 radical (unpaired) electrons. The number of hydrogen-bond donors (Lipinski definition) is 0. The fourth-order valence-electron chi connectivity index (χ4n) is 4.22. The molecule has 0 N–H and O–H groups in total. The molecule has 3 aromatic rings. The number of allylic oxidation sites excluding steroid dienone is 1. The number of benzene rings is 2. The number of carbonyl (C=O) groups is 1. The quantitative estimate of drug-likeness (QED) is 0.291. The van der Waals surface area contributed by atoms with E-state index in [9.17, 15) is 9.59 Å². The zero-order valence-corrected chi connectivity index (χ0v) is 22.7. The summed E-state index contributed by atoms with van der Waals surface area (Å²) in [4.78, 5) is 32.1. The van der Waals surface area contributed by atoms with E-state index >= 15 is 0 Å². The first kappa shape index (κ1) is 26.9. The van der Waals surface area contributed by atoms with Crippen molar-refractivity contribution in [2.45, 2.75) is 26.8 Å². The van der Waals surface area contributed by atoms with Crippen molar-refractivity contribution >= 4 is 23.4 Å². The number of aromatic nitrogens is 1. The van der Waals surface area contributed by atoms with Gasteiger partial charge in [0.25, 0.3) is 5.56 Å². The van der Waals surface area contributed by atoms with Crippen molar-refractivity contribution in [2.75, 3.05) is 26.9 Å². The Bertz CT molecular complexity index is 1570. The number of nitrogens with zero attached hydrogens (tertiary/aromatic N) is 2. The monoisotopic (exact) mass is 534 g/mol. The average molecular weight is 535 g/mol. The highest BCUT2D eigenvalue weighted by Crippen LogP contribution is 2.36. The normalized spacial score (nSPS) is 14.9. The summed E-state index contributed by atoms with van der Waals surface area (Å²) in [5, 5.41) is 0. The molecule has 9 heteroatoms. The molecule has 0 saturated carbocycles. The van der Waals surface area contributed by atoms with Crippen LogP contribution < -0.4 is 29.1 Å². The Balaban J connectivity index is 1.93. The molecule has 2 heterocycles. The summed E-state index contributed by atoms with van der Waals surface area (Å²) in [6.45, 7) is 9.98. The minimum absolute atomic E-state index is 0.196. The van der Waals surface area contributed by atoms with E-state index in [1.165, 1.54) is 11.3 Å². The molecule has 4 rings (SSSR count). The van der Waals surface area contributed by atoms with E-state index in [0.29, 0.717) is 56.6 Å². The first-order chi connectivity index (χ1) is 18.4. The van der Waals surface area contributed by atoms with Gasteiger partial charge in [0, 0.05) is 0 Å². The van der Waals surface area contributed by atoms with Crippen LogP contribution in [0.15, 0.2) is 76.2 Å². The van der Waals surface area contributed by atoms with Gasteiger partial charge < -0.3 is 18.9 Å². The van der Waals surface area contributed by atoms with Crippen LogP contribution >= 0.6 is 11.3 Å². The molecule has 0 amide bonds. The van der Waals surface area contributed by atoms with Crippen LogP contribution in [0.2, 0.25) is 0 Å². The minimum Gasteiger partial charge on any atom is -0.497 e. The lowest BCUT2D eigenvalue weighted by Gasteiger charge is -2.25. The second-order valence-corrected chi connectivity index (χ2v) is 9.33. The number of hydrogen-bond acceptors (Lipinski definition) is 8. The predicted molar refractivity (Wildman–Crippen MR) is 147 cm³/mol. The molecule has 1 aliphatic heterocycles. The molecule has 0 bridgehead atoms. The van der Waals surface area contributed by atoms with Gasteiger partial charge in [0.1, 0.15) is 12.4 Å². The Hall–Kier alpha value is -4.11. The third-order valence-electron chi connectivity index (χ3n) is 5.85. The number of esters is 1. The Labute approximate surface area is 224 Å². The zero-order chi connectivity index (χ0) is 27.2. The number of methoxy groups -OCH3 is 1. The maximum absolute atomic E-state index is 13.8. The highest BCUT2D eigenvalue weighted by molar-refractivity contribution is 7.07. The molecule has 38 heavy (non-hydrogen) atoms. The molecule has 0 saturated heterocycles. The van der Waals surface area contributed by atoms with E-state index in [4.69, 9.17) is 18.9 Å². The van der Waals surface area contributed by atoms with Crippen molar-refractivity contribution in [3.05, 3.63) is 97.2 Å². The van der Waals surface area contributed by atoms with Gasteiger partial charge in [-0.3, -0.25) is 9.36 Å². The molecule has 1 aliphatic rings. The summed E-state index contributed by atoms with van der Waals surface area (Å²) in [5.41, 5.74) is 2.02. The summed E-state index contributed by atoms with van der Waals surface area (Å²) < 4.78 is 24.3. The van der Waals surface area contributed by atoms with Crippen molar-refractivity contribution in [1.82, 2.24) is 4.57 Å². The number of thiazole rings is 1. The number of fused-ring (bicyclic) bond motifs is 1. The number of rotatable bonds is 10. The van der Waals surface area contributed by atoms with Crippen molar-refractivity contribution in [3.63, 3.8) is 0 Å². The zero-order valence-electron chi connectivity index (χ0n) is 21.9. The maximum Gasteiger partial charge on any atom is 0.338 e. The van der Waals surface area contributed by atoms with E-state index in [1.807, 2.05) is 37.3 Å². The Morgan fingerprint density at radius 2 is 1.95 bits per heavy atom. The van der Waals surface area contributed by atoms with Gasteiger partial charge in [-0.1, -0.05) is 42.2 Å². The summed E-state index contributed by atoms with van der Waals surface area (Å²) in [7, 11) is 1.59. The van der Waals surface area contributed by atoms with Gasteiger partial charge in [-0.05, 0) is 62.2 Å². The van der Waals surface area contributed by atoms with E-state index < -0.39 is 12.0 Å². The maximum atomic E-state index is 13.8. The standard InChI is InChI=1S/C29H30N2O6S/c1-6-14-37-22-13-12-20(17-23(22)35-7-2)26-25(28(33)36-8-3)18(4)30-29-31(26)27(32)24(38-29)16-19-10-9-11-21(15-19)34-5/h6,9-13,15-17,26H,1,7-8,14H2,2-5H3/b24-16-/t26-/m0/s1. The number of carbonyl (C=O) groups excluding carboxylic acids is 1. The third-order valence-corrected chi connectivity index (χ3v) is 6.83. The molecule has 2 aromatic carbocycles. The molecule has 0 spiro atoms. The van der Waals surface area contributed by atoms with Crippen LogP contribution in [0.5, 0.6) is 17.2 Å². The lowest BCUT2D eigenvalue weighted by atomic mass is 9.95. The summed E-state index contributed by atoms with van der Waals surface area (Å²) >= 11 is 1.26. The summed E-state index contributed by atoms with van der Waals surface area (Å²) in [5.74, 6) is 1.21. The molecule has 0 aliphatic carbocycles. The van der Waals surface area contributed by atoms with Crippen molar-refractivity contribution in [2.24, 2.45) is 4.99 Å². The van der Waals surface area contributed by atoms with Crippen molar-refractivity contribution < 1.29 is 23.7 Å². The lowest BCUT2D eigenvalue weighted by Crippen LogP contribution is -2.40. The van der Waals surface area contributed by atoms with Crippen LogP contribution in [-0.2, 0) is 9.53 Å². The fraction of sp³-hybridized carbons (Fsp3) is 0.276. The van der Waals surface area contributed by atoms with Gasteiger partial charge in [-0.25, -0.2) is 9.79 Å². The Morgan fingerprint density at radius 3 is 2.66 bits per heavy atom. The van der Waals surface area contributed by atoms with Crippen LogP contribution in [-0.4, -0.2) is 37.5 Å². The second kappa shape index (κ2) is 12.0. The molecule has 198 valence electrons. The van der Waals surface area contributed by atoms with Gasteiger partial charge in [0.15, 0.2) is 16.3 Å². The van der Waals surface area contributed by atoms with Crippen LogP contribution in [0.1, 0.15) is 37.9 Å². The average Bonchev–Trinajstić information content (AvgIpc) is 3.21. The highest BCUT2D eigenvalue weighted by Gasteiger charge is 2.34. The summed E-state index contributed by atoms with van der Waals surface area (Å²) in [6, 6.07) is 12.1. The predicted octanol–water partition coefficient (Wildman–Crippen LogP) is 3.77. The summed E-state index contributed by atoms with van der Waals surface area (Å²) in [6.07, 6.45) is 3.44. The van der Waals surface area contributed by atoms with Gasteiger partial charge in [-0.15, -0.1) is 0 Å². The third kappa shape index (κ3) is 5.43. The second-order valence-electron chi connectivity index (χ2n) is 8.32. The molecular weight excluding hydrogens is 504 g/mol. The van der Waals surface area contributed by atoms with Gasteiger partial charge >= 0.3 is 5.97 Å². The van der Waals surface area contributed by atoms with E-state index in [-0.39, 0.29) is 12.2 Å². The van der Waals surface area contributed by atoms with Crippen molar-refractivity contribution in [1.29, 1.82) is 0 Å². The fourth-order valence-corrected chi connectivity index (χ4v) is 5.27. The smallest absolute Gasteiger partial charge is 0.338 e. The topological polar surface area (TPSA) is 88.4 Å². The Morgan fingerprint density at radius 1 is 1.13 bits per heavy atom. The van der Waals surface area contributed by atoms with Crippen LogP contribution in [0, 0.1) is 0 Å². The van der Waals surface area contributed by atoms with Crippen LogP contribution in [0.3, 0.4) is 0 Å². The largest absolute Gasteiger partial charge is 0.497 e. The molecule has 0 unspecified atom stereocenters. The lowest BCUT2D eigenvalue weighted by molar-refractivity contribution is -0.139. The molecule has 8 nitrogen and oxygen atoms in total. The minimum atomic E-state index is -0.759. The molecular formula is C29H30N2O6S. The van der Waals surface area contributed by atoms with Gasteiger partial charge in [-0.2, -0.15) is 0 Å². The van der Waals surface area contributed by atoms with Crippen LogP contribution in [0.4, 0.5) is 0 Å². The first-order valence-corrected chi connectivity index (χ1v) is 13.1. The van der Waals surface area contributed by atoms with Gasteiger partial charge in [0.2, 0.25) is 0 Å². The Kier molecular flexibility index (Phi) is 8.48. The van der Waals surface area contributed by atoms with Crippen molar-refractivity contribution in [3.8, 4) is 17.2 Å². The van der Waals surface area contributed by atoms with E-state index in [1.54, 1.807) is 49.8 Å². The van der Waals surface area contributed by atoms with E-state index in [2.05, 4.69) is 11.6 Å². The van der Waals surface area contributed by atoms with Crippen LogP contribution in [0.25, 0.3) is 6.08 Å². The molecule has 1 atom stereocenters. The van der Waals surface area contributed by atoms with E-state index in [0.717, 1.165) is 5.56 Å². The van der Waals surface area contributed by atoms with Gasteiger partial charge in [0.05, 0.1) is 42.2 Å². The molecule has 0 fully saturated rings. The first-order valence-electron chi connectivity index (χ1n) is 12.3. The highest BCUT2D eigenvalue weighted by atomic mass is 32.1.